The van der Waals surface area contributed by atoms with E-state index < -0.39 is 41.4 Å². The van der Waals surface area contributed by atoms with Gasteiger partial charge in [0.2, 0.25) is 0 Å². The van der Waals surface area contributed by atoms with E-state index in [0.29, 0.717) is 18.2 Å². The Morgan fingerprint density at radius 2 is 1.50 bits per heavy atom. The third-order valence-electron chi connectivity index (χ3n) is 2.13. The van der Waals surface area contributed by atoms with Gasteiger partial charge in [0.25, 0.3) is 0 Å². The number of rotatable bonds is 1. The largest absolute Gasteiger partial charge is 0.481 e. The van der Waals surface area contributed by atoms with E-state index in [1.54, 1.807) is 11.8 Å². The standard InChI is InChI=1S/C12H6F6O2/c13-11(14,15)8-4-2-5-9(12(16,17)18)7(8)3-1-6-10(19)20/h2,4-5H,6H2,(H,19,20). The van der Waals surface area contributed by atoms with Gasteiger partial charge < -0.3 is 5.11 Å². The fourth-order valence-electron chi connectivity index (χ4n) is 1.37. The normalized spacial score (nSPS) is 11.7. The van der Waals surface area contributed by atoms with E-state index >= 15 is 0 Å². The maximum absolute atomic E-state index is 12.7. The topological polar surface area (TPSA) is 37.3 Å². The third-order valence-corrected chi connectivity index (χ3v) is 2.13. The molecular weight excluding hydrogens is 290 g/mol. The van der Waals surface area contributed by atoms with Gasteiger partial charge in [0, 0.05) is 5.56 Å². The fraction of sp³-hybridized carbons (Fsp3) is 0.250. The average molecular weight is 296 g/mol. The van der Waals surface area contributed by atoms with Crippen LogP contribution in [0.2, 0.25) is 0 Å². The average Bonchev–Trinajstić information content (AvgIpc) is 2.25. The first-order chi connectivity index (χ1) is 9.03. The maximum Gasteiger partial charge on any atom is 0.417 e. The van der Waals surface area contributed by atoms with Crippen molar-refractivity contribution in [1.82, 2.24) is 0 Å². The molecule has 0 aromatic heterocycles. The number of carboxylic acid groups (broad SMARTS) is 1. The molecular formula is C12H6F6O2. The Kier molecular flexibility index (Phi) is 4.33. The first-order valence-electron chi connectivity index (χ1n) is 5.01. The zero-order valence-electron chi connectivity index (χ0n) is 9.56. The fourth-order valence-corrected chi connectivity index (χ4v) is 1.37. The highest BCUT2D eigenvalue weighted by atomic mass is 19.4. The molecule has 8 heteroatoms. The molecule has 2 nitrogen and oxygen atoms in total. The zero-order chi connectivity index (χ0) is 15.6. The molecule has 0 atom stereocenters. The Bertz CT molecular complexity index is 542. The summed E-state index contributed by atoms with van der Waals surface area (Å²) in [5.74, 6) is 1.98. The molecule has 1 aromatic carbocycles. The molecule has 0 aliphatic heterocycles. The van der Waals surface area contributed by atoms with Crippen LogP contribution >= 0.6 is 0 Å². The number of benzene rings is 1. The van der Waals surface area contributed by atoms with Gasteiger partial charge in [-0.3, -0.25) is 4.79 Å². The van der Waals surface area contributed by atoms with Crippen LogP contribution in [-0.4, -0.2) is 11.1 Å². The molecule has 0 bridgehead atoms. The smallest absolute Gasteiger partial charge is 0.417 e. The van der Waals surface area contributed by atoms with Crippen LogP contribution in [0.3, 0.4) is 0 Å². The van der Waals surface area contributed by atoms with Crippen molar-refractivity contribution in [3.63, 3.8) is 0 Å². The molecule has 0 fully saturated rings. The number of aliphatic carboxylic acids is 1. The van der Waals surface area contributed by atoms with Crippen LogP contribution in [0.1, 0.15) is 23.1 Å². The second-order valence-corrected chi connectivity index (χ2v) is 3.60. The van der Waals surface area contributed by atoms with E-state index in [4.69, 9.17) is 5.11 Å². The molecule has 0 saturated heterocycles. The molecule has 0 radical (unpaired) electrons. The van der Waals surface area contributed by atoms with Gasteiger partial charge in [-0.05, 0) is 12.1 Å². The summed E-state index contributed by atoms with van der Waals surface area (Å²) in [6, 6.07) is 1.54. The van der Waals surface area contributed by atoms with E-state index in [1.165, 1.54) is 0 Å². The summed E-state index contributed by atoms with van der Waals surface area (Å²) in [6.07, 6.45) is -10.9. The van der Waals surface area contributed by atoms with Crippen LogP contribution in [-0.2, 0) is 17.1 Å². The van der Waals surface area contributed by atoms with E-state index in [1.807, 2.05) is 0 Å². The monoisotopic (exact) mass is 296 g/mol. The minimum absolute atomic E-state index is 0.458. The molecule has 0 spiro atoms. The summed E-state index contributed by atoms with van der Waals surface area (Å²) in [7, 11) is 0. The van der Waals surface area contributed by atoms with E-state index in [-0.39, 0.29) is 0 Å². The molecule has 1 aromatic rings. The van der Waals surface area contributed by atoms with E-state index in [9.17, 15) is 31.1 Å². The van der Waals surface area contributed by atoms with Crippen molar-refractivity contribution in [2.45, 2.75) is 18.8 Å². The SMILES string of the molecule is O=C(O)CC#Cc1c(C(F)(F)F)cccc1C(F)(F)F. The van der Waals surface area contributed by atoms with E-state index in [2.05, 4.69) is 0 Å². The van der Waals surface area contributed by atoms with Crippen LogP contribution in [0.25, 0.3) is 0 Å². The van der Waals surface area contributed by atoms with Crippen LogP contribution in [0.15, 0.2) is 18.2 Å². The van der Waals surface area contributed by atoms with Crippen molar-refractivity contribution in [3.05, 3.63) is 34.9 Å². The highest BCUT2D eigenvalue weighted by Crippen LogP contribution is 2.38. The Balaban J connectivity index is 3.48. The van der Waals surface area contributed by atoms with Crippen LogP contribution in [0.4, 0.5) is 26.3 Å². The third kappa shape index (κ3) is 3.91. The second-order valence-electron chi connectivity index (χ2n) is 3.60. The van der Waals surface area contributed by atoms with Crippen molar-refractivity contribution >= 4 is 5.97 Å². The van der Waals surface area contributed by atoms with Gasteiger partial charge in [-0.15, -0.1) is 0 Å². The van der Waals surface area contributed by atoms with Gasteiger partial charge in [-0.1, -0.05) is 17.9 Å². The molecule has 0 heterocycles. The lowest BCUT2D eigenvalue weighted by atomic mass is 10.00. The number of hydrogen-bond acceptors (Lipinski definition) is 1. The van der Waals surface area contributed by atoms with Gasteiger partial charge >= 0.3 is 18.3 Å². The highest BCUT2D eigenvalue weighted by molar-refractivity contribution is 5.70. The summed E-state index contributed by atoms with van der Waals surface area (Å²) >= 11 is 0. The van der Waals surface area contributed by atoms with Crippen LogP contribution in [0, 0.1) is 11.8 Å². The Labute approximate surface area is 109 Å². The molecule has 1 rings (SSSR count). The number of carboxylic acids is 1. The lowest BCUT2D eigenvalue weighted by molar-refractivity contribution is -0.143. The first kappa shape index (κ1) is 15.9. The molecule has 0 aliphatic carbocycles. The summed E-state index contributed by atoms with van der Waals surface area (Å²) in [4.78, 5) is 10.2. The first-order valence-corrected chi connectivity index (χ1v) is 5.01. The van der Waals surface area contributed by atoms with Gasteiger partial charge in [-0.2, -0.15) is 26.3 Å². The van der Waals surface area contributed by atoms with Gasteiger partial charge in [-0.25, -0.2) is 0 Å². The highest BCUT2D eigenvalue weighted by Gasteiger charge is 2.40. The maximum atomic E-state index is 12.7. The van der Waals surface area contributed by atoms with E-state index in [0.717, 1.165) is 0 Å². The predicted octanol–water partition coefficient (Wildman–Crippen LogP) is 3.55. The lowest BCUT2D eigenvalue weighted by Gasteiger charge is -2.14. The predicted molar refractivity (Wildman–Crippen MR) is 55.6 cm³/mol. The van der Waals surface area contributed by atoms with Gasteiger partial charge in [0.15, 0.2) is 0 Å². The lowest BCUT2D eigenvalue weighted by Crippen LogP contribution is -2.14. The number of alkyl halides is 6. The summed E-state index contributed by atoms with van der Waals surface area (Å²) in [5.41, 5.74) is -4.37. The number of hydrogen-bond donors (Lipinski definition) is 1. The Morgan fingerprint density at radius 3 is 1.85 bits per heavy atom. The summed E-state index contributed by atoms with van der Waals surface area (Å²) < 4.78 is 75.9. The van der Waals surface area contributed by atoms with Crippen molar-refractivity contribution in [2.75, 3.05) is 0 Å². The molecule has 0 unspecified atom stereocenters. The van der Waals surface area contributed by atoms with Gasteiger partial charge in [0.1, 0.15) is 6.42 Å². The van der Waals surface area contributed by atoms with Crippen molar-refractivity contribution in [1.29, 1.82) is 0 Å². The van der Waals surface area contributed by atoms with Gasteiger partial charge in [0.05, 0.1) is 11.1 Å². The Hall–Kier alpha value is -2.17. The molecule has 0 amide bonds. The van der Waals surface area contributed by atoms with Crippen LogP contribution in [0.5, 0.6) is 0 Å². The number of halogens is 6. The zero-order valence-corrected chi connectivity index (χ0v) is 9.56. The number of carbonyl (C=O) groups is 1. The van der Waals surface area contributed by atoms with Crippen molar-refractivity contribution in [2.24, 2.45) is 0 Å². The van der Waals surface area contributed by atoms with Crippen molar-refractivity contribution < 1.29 is 36.2 Å². The quantitative estimate of drug-likeness (QED) is 0.635. The molecule has 0 aliphatic rings. The minimum Gasteiger partial charge on any atom is -0.481 e. The summed E-state index contributed by atoms with van der Waals surface area (Å²) in [6.45, 7) is 0. The summed E-state index contributed by atoms with van der Waals surface area (Å²) in [5, 5.41) is 8.30. The minimum atomic E-state index is -5.02. The molecule has 108 valence electrons. The molecule has 20 heavy (non-hydrogen) atoms. The van der Waals surface area contributed by atoms with Crippen molar-refractivity contribution in [3.8, 4) is 11.8 Å². The second kappa shape index (κ2) is 5.45. The molecule has 0 saturated carbocycles. The Morgan fingerprint density at radius 1 is 1.05 bits per heavy atom. The van der Waals surface area contributed by atoms with Crippen LogP contribution < -0.4 is 0 Å². The molecule has 1 N–H and O–H groups in total.